The van der Waals surface area contributed by atoms with Gasteiger partial charge in [-0.3, -0.25) is 0 Å². The highest BCUT2D eigenvalue weighted by Crippen LogP contribution is 2.21. The van der Waals surface area contributed by atoms with Crippen molar-refractivity contribution in [2.75, 3.05) is 26.5 Å². The third kappa shape index (κ3) is 9.33. The van der Waals surface area contributed by atoms with E-state index in [1.807, 2.05) is 0 Å². The summed E-state index contributed by atoms with van der Waals surface area (Å²) in [6, 6.07) is 0. The molecule has 1 N–H and O–H groups in total. The Balaban J connectivity index is 3.96. The normalized spacial score (nSPS) is 13.3. The average Bonchev–Trinajstić information content (AvgIpc) is 2.16. The van der Waals surface area contributed by atoms with Gasteiger partial charge in [-0.05, 0) is 6.42 Å². The summed E-state index contributed by atoms with van der Waals surface area (Å²) in [5.74, 6) is -0.577. The first-order valence-electron chi connectivity index (χ1n) is 4.80. The second kappa shape index (κ2) is 7.14. The van der Waals surface area contributed by atoms with Gasteiger partial charge in [0.05, 0.1) is 12.3 Å². The Kier molecular flexibility index (Phi) is 6.98. The van der Waals surface area contributed by atoms with E-state index in [0.717, 1.165) is 0 Å². The van der Waals surface area contributed by atoms with Crippen molar-refractivity contribution in [3.63, 3.8) is 0 Å². The van der Waals surface area contributed by atoms with Gasteiger partial charge in [-0.25, -0.2) is 13.1 Å². The van der Waals surface area contributed by atoms with Gasteiger partial charge in [0, 0.05) is 20.6 Å². The molecule has 0 amide bonds. The predicted molar refractivity (Wildman–Crippen MR) is 54.9 cm³/mol. The Morgan fingerprint density at radius 3 is 2.18 bits per heavy atom. The standard InChI is InChI=1S/C8H16F3NO4S/c1-15-7(16-2)6-12-17(13,14)5-3-4-8(9,10)11/h7,12H,3-6H2,1-2H3. The summed E-state index contributed by atoms with van der Waals surface area (Å²) in [4.78, 5) is 0. The summed E-state index contributed by atoms with van der Waals surface area (Å²) >= 11 is 0. The van der Waals surface area contributed by atoms with E-state index in [1.165, 1.54) is 14.2 Å². The SMILES string of the molecule is COC(CNS(=O)(=O)CCCC(F)(F)F)OC. The van der Waals surface area contributed by atoms with Crippen LogP contribution in [0.25, 0.3) is 0 Å². The zero-order valence-corrected chi connectivity index (χ0v) is 10.4. The molecule has 0 saturated carbocycles. The Bertz CT molecular complexity index is 300. The first-order chi connectivity index (χ1) is 7.70. The number of hydrogen-bond acceptors (Lipinski definition) is 4. The highest BCUT2D eigenvalue weighted by Gasteiger charge is 2.27. The largest absolute Gasteiger partial charge is 0.389 e. The summed E-state index contributed by atoms with van der Waals surface area (Å²) in [6.07, 6.45) is -6.68. The van der Waals surface area contributed by atoms with Gasteiger partial charge >= 0.3 is 6.18 Å². The zero-order valence-electron chi connectivity index (χ0n) is 9.58. The van der Waals surface area contributed by atoms with E-state index < -0.39 is 41.1 Å². The molecule has 0 heterocycles. The molecular weight excluding hydrogens is 263 g/mol. The minimum absolute atomic E-state index is 0.138. The van der Waals surface area contributed by atoms with Gasteiger partial charge in [0.15, 0.2) is 6.29 Å². The maximum Gasteiger partial charge on any atom is 0.389 e. The number of sulfonamides is 1. The molecule has 5 nitrogen and oxygen atoms in total. The summed E-state index contributed by atoms with van der Waals surface area (Å²) in [5.41, 5.74) is 0. The second-order valence-corrected chi connectivity index (χ2v) is 5.21. The molecule has 17 heavy (non-hydrogen) atoms. The lowest BCUT2D eigenvalue weighted by molar-refractivity contribution is -0.134. The van der Waals surface area contributed by atoms with Gasteiger partial charge in [0.25, 0.3) is 0 Å². The molecule has 0 aliphatic carbocycles. The monoisotopic (exact) mass is 279 g/mol. The number of methoxy groups -OCH3 is 2. The lowest BCUT2D eigenvalue weighted by atomic mass is 10.3. The highest BCUT2D eigenvalue weighted by molar-refractivity contribution is 7.89. The van der Waals surface area contributed by atoms with Crippen LogP contribution >= 0.6 is 0 Å². The molecular formula is C8H16F3NO4S. The van der Waals surface area contributed by atoms with Gasteiger partial charge in [-0.15, -0.1) is 0 Å². The van der Waals surface area contributed by atoms with Gasteiger partial charge in [0.1, 0.15) is 0 Å². The Hall–Kier alpha value is -0.380. The maximum atomic E-state index is 11.8. The molecule has 0 unspecified atom stereocenters. The number of ether oxygens (including phenoxy) is 2. The molecule has 0 spiro atoms. The molecule has 0 saturated heterocycles. The number of nitrogens with one attached hydrogen (secondary N) is 1. The van der Waals surface area contributed by atoms with Crippen LogP contribution in [0.2, 0.25) is 0 Å². The van der Waals surface area contributed by atoms with E-state index in [0.29, 0.717) is 0 Å². The Labute approximate surface area is 98.3 Å². The molecule has 0 bridgehead atoms. The van der Waals surface area contributed by atoms with Gasteiger partial charge in [0.2, 0.25) is 10.0 Å². The van der Waals surface area contributed by atoms with Crippen LogP contribution in [0.15, 0.2) is 0 Å². The van der Waals surface area contributed by atoms with Gasteiger partial charge < -0.3 is 9.47 Å². The summed E-state index contributed by atoms with van der Waals surface area (Å²) < 4.78 is 69.5. The fourth-order valence-corrected chi connectivity index (χ4v) is 2.05. The zero-order chi connectivity index (χ0) is 13.5. The van der Waals surface area contributed by atoms with Crippen LogP contribution in [0.4, 0.5) is 13.2 Å². The van der Waals surface area contributed by atoms with Crippen molar-refractivity contribution in [1.29, 1.82) is 0 Å². The molecule has 0 aromatic rings. The second-order valence-electron chi connectivity index (χ2n) is 3.29. The van der Waals surface area contributed by atoms with Crippen molar-refractivity contribution < 1.29 is 31.1 Å². The lowest BCUT2D eigenvalue weighted by Crippen LogP contribution is -2.35. The van der Waals surface area contributed by atoms with Crippen LogP contribution in [0, 0.1) is 0 Å². The molecule has 0 aromatic carbocycles. The smallest absolute Gasteiger partial charge is 0.355 e. The minimum atomic E-state index is -4.34. The van der Waals surface area contributed by atoms with Crippen molar-refractivity contribution in [3.8, 4) is 0 Å². The third-order valence-corrected chi connectivity index (χ3v) is 3.30. The first kappa shape index (κ1) is 16.6. The van der Waals surface area contributed by atoms with Crippen LogP contribution in [-0.4, -0.2) is 47.4 Å². The fourth-order valence-electron chi connectivity index (χ4n) is 0.993. The number of halogens is 3. The minimum Gasteiger partial charge on any atom is -0.355 e. The number of alkyl halides is 3. The predicted octanol–water partition coefficient (Wildman–Crippen LogP) is 0.867. The van der Waals surface area contributed by atoms with E-state index in [1.54, 1.807) is 0 Å². The highest BCUT2D eigenvalue weighted by atomic mass is 32.2. The molecule has 0 radical (unpaired) electrons. The average molecular weight is 279 g/mol. The summed E-state index contributed by atoms with van der Waals surface area (Å²) in [5, 5.41) is 0. The van der Waals surface area contributed by atoms with Crippen LogP contribution < -0.4 is 4.72 Å². The van der Waals surface area contributed by atoms with Crippen molar-refractivity contribution in [1.82, 2.24) is 4.72 Å². The van der Waals surface area contributed by atoms with E-state index >= 15 is 0 Å². The Morgan fingerprint density at radius 2 is 1.76 bits per heavy atom. The van der Waals surface area contributed by atoms with Crippen LogP contribution in [0.5, 0.6) is 0 Å². The fraction of sp³-hybridized carbons (Fsp3) is 1.00. The van der Waals surface area contributed by atoms with Crippen LogP contribution in [0.1, 0.15) is 12.8 Å². The molecule has 0 aliphatic rings. The van der Waals surface area contributed by atoms with Crippen molar-refractivity contribution in [2.45, 2.75) is 25.3 Å². The number of rotatable bonds is 8. The van der Waals surface area contributed by atoms with E-state index in [2.05, 4.69) is 4.72 Å². The molecule has 0 aliphatic heterocycles. The van der Waals surface area contributed by atoms with Crippen molar-refractivity contribution in [3.05, 3.63) is 0 Å². The molecule has 104 valence electrons. The molecule has 0 fully saturated rings. The topological polar surface area (TPSA) is 64.6 Å². The summed E-state index contributed by atoms with van der Waals surface area (Å²) in [6.45, 7) is -0.138. The Morgan fingerprint density at radius 1 is 1.24 bits per heavy atom. The third-order valence-electron chi connectivity index (χ3n) is 1.87. The maximum absolute atomic E-state index is 11.8. The van der Waals surface area contributed by atoms with Crippen LogP contribution in [0.3, 0.4) is 0 Å². The van der Waals surface area contributed by atoms with Crippen LogP contribution in [-0.2, 0) is 19.5 Å². The molecule has 0 aromatic heterocycles. The van der Waals surface area contributed by atoms with Gasteiger partial charge in [-0.1, -0.05) is 0 Å². The molecule has 0 atom stereocenters. The molecule has 9 heteroatoms. The lowest BCUT2D eigenvalue weighted by Gasteiger charge is -2.14. The summed E-state index contributed by atoms with van der Waals surface area (Å²) in [7, 11) is -1.08. The first-order valence-corrected chi connectivity index (χ1v) is 6.45. The van der Waals surface area contributed by atoms with E-state index in [-0.39, 0.29) is 6.54 Å². The van der Waals surface area contributed by atoms with Gasteiger partial charge in [-0.2, -0.15) is 13.2 Å². The van der Waals surface area contributed by atoms with Crippen molar-refractivity contribution >= 4 is 10.0 Å². The van der Waals surface area contributed by atoms with E-state index in [4.69, 9.17) is 9.47 Å². The van der Waals surface area contributed by atoms with E-state index in [9.17, 15) is 21.6 Å². The number of hydrogen-bond donors (Lipinski definition) is 1. The van der Waals surface area contributed by atoms with Crippen molar-refractivity contribution in [2.24, 2.45) is 0 Å². The molecule has 0 rings (SSSR count). The quantitative estimate of drug-likeness (QED) is 0.670.